The minimum atomic E-state index is -5.18. The second-order valence-corrected chi connectivity index (χ2v) is 10.2. The van der Waals surface area contributed by atoms with Gasteiger partial charge < -0.3 is 29.4 Å². The third kappa shape index (κ3) is 8.28. The van der Waals surface area contributed by atoms with Crippen LogP contribution in [0.1, 0.15) is 32.1 Å². The summed E-state index contributed by atoms with van der Waals surface area (Å²) < 4.78 is 47.6. The largest absolute Gasteiger partial charge is 0.470 e. The number of rotatable bonds is 7. The van der Waals surface area contributed by atoms with Crippen LogP contribution in [0.5, 0.6) is 0 Å². The maximum atomic E-state index is 11.3. The van der Waals surface area contributed by atoms with E-state index < -0.39 is 41.8 Å². The molecule has 0 amide bonds. The molecule has 6 N–H and O–H groups in total. The molecule has 13 nitrogen and oxygen atoms in total. The van der Waals surface area contributed by atoms with Crippen molar-refractivity contribution in [1.29, 1.82) is 0 Å². The lowest BCUT2D eigenvalue weighted by molar-refractivity contribution is -0.109. The quantitative estimate of drug-likeness (QED) is 0.282. The lowest BCUT2D eigenvalue weighted by atomic mass is 9.91. The highest BCUT2D eigenvalue weighted by Crippen LogP contribution is 2.48. The lowest BCUT2D eigenvalue weighted by Crippen LogP contribution is -2.59. The maximum absolute atomic E-state index is 11.3. The Morgan fingerprint density at radius 3 is 1.44 bits per heavy atom. The van der Waals surface area contributed by atoms with Crippen LogP contribution in [0.3, 0.4) is 0 Å². The predicted octanol–water partition coefficient (Wildman–Crippen LogP) is 0.0684. The zero-order valence-corrected chi connectivity index (χ0v) is 16.9. The average molecular weight is 455 g/mol. The Hall–Kier alpha value is 0.290. The van der Waals surface area contributed by atoms with Crippen molar-refractivity contribution in [1.82, 2.24) is 4.90 Å². The number of hydrogen-bond acceptors (Lipinski definition) is 7. The highest BCUT2D eigenvalue weighted by atomic mass is 31.2. The number of hydrogen-bond donors (Lipinski definition) is 6. The second-order valence-electron chi connectivity index (χ2n) is 6.58. The molecule has 0 aromatic rings. The van der Waals surface area contributed by atoms with Gasteiger partial charge in [0.15, 0.2) is 0 Å². The molecule has 0 spiro atoms. The van der Waals surface area contributed by atoms with Gasteiger partial charge >= 0.3 is 23.5 Å². The number of piperidine rings is 1. The summed E-state index contributed by atoms with van der Waals surface area (Å²) in [5.74, 6) is 0. The summed E-state index contributed by atoms with van der Waals surface area (Å²) in [5.41, 5.74) is 0. The van der Waals surface area contributed by atoms with E-state index in [-0.39, 0.29) is 19.1 Å². The molecule has 2 aliphatic rings. The van der Waals surface area contributed by atoms with Gasteiger partial charge in [0.05, 0.1) is 0 Å². The summed E-state index contributed by atoms with van der Waals surface area (Å²) in [6, 6.07) is -0.0412. The molecule has 2 fully saturated rings. The first kappa shape index (κ1) is 23.6. The SMILES string of the molecule is O=P(O)(O)OC1[C@H](OP(=O)(O)O)CN(C2CCCCC2)C[C@H]1OP(=O)(O)O. The van der Waals surface area contributed by atoms with Crippen LogP contribution in [0.15, 0.2) is 0 Å². The molecular formula is C11H24NO12P3. The first-order valence-corrected chi connectivity index (χ1v) is 12.8. The van der Waals surface area contributed by atoms with Crippen molar-refractivity contribution in [2.75, 3.05) is 13.1 Å². The Morgan fingerprint density at radius 2 is 1.07 bits per heavy atom. The third-order valence-electron chi connectivity index (χ3n) is 4.46. The first-order chi connectivity index (χ1) is 12.2. The van der Waals surface area contributed by atoms with E-state index in [1.807, 2.05) is 0 Å². The van der Waals surface area contributed by atoms with Crippen molar-refractivity contribution in [3.05, 3.63) is 0 Å². The fraction of sp³-hybridized carbons (Fsp3) is 1.00. The highest BCUT2D eigenvalue weighted by Gasteiger charge is 2.48. The van der Waals surface area contributed by atoms with Gasteiger partial charge in [-0.2, -0.15) is 0 Å². The van der Waals surface area contributed by atoms with E-state index in [0.717, 1.165) is 32.1 Å². The smallest absolute Gasteiger partial charge is 0.303 e. The Balaban J connectivity index is 2.31. The molecule has 1 heterocycles. The lowest BCUT2D eigenvalue weighted by Gasteiger charge is -2.46. The number of phosphoric acid groups is 3. The summed E-state index contributed by atoms with van der Waals surface area (Å²) in [6.45, 7) is -0.303. The molecule has 16 heteroatoms. The summed E-state index contributed by atoms with van der Waals surface area (Å²) in [4.78, 5) is 56.4. The zero-order chi connectivity index (χ0) is 20.5. The predicted molar refractivity (Wildman–Crippen MR) is 89.2 cm³/mol. The van der Waals surface area contributed by atoms with Gasteiger partial charge in [-0.25, -0.2) is 13.7 Å². The zero-order valence-electron chi connectivity index (χ0n) is 14.2. The molecule has 2 atom stereocenters. The normalized spacial score (nSPS) is 27.8. The van der Waals surface area contributed by atoms with Gasteiger partial charge in [-0.1, -0.05) is 19.3 Å². The molecule has 1 aliphatic carbocycles. The molecule has 160 valence electrons. The van der Waals surface area contributed by atoms with Crippen LogP contribution in [-0.4, -0.2) is 71.7 Å². The summed E-state index contributed by atoms with van der Waals surface area (Å²) >= 11 is 0. The van der Waals surface area contributed by atoms with E-state index >= 15 is 0 Å². The molecule has 0 radical (unpaired) electrons. The van der Waals surface area contributed by atoms with Crippen LogP contribution >= 0.6 is 23.5 Å². The summed E-state index contributed by atoms with van der Waals surface area (Å²) in [7, 11) is -15.4. The molecule has 0 aromatic heterocycles. The van der Waals surface area contributed by atoms with Gasteiger partial charge in [0.1, 0.15) is 18.3 Å². The summed E-state index contributed by atoms with van der Waals surface area (Å²) in [6.07, 6.45) is -0.582. The Bertz CT molecular complexity index is 603. The number of phosphoric ester groups is 3. The van der Waals surface area contributed by atoms with Gasteiger partial charge in [0.2, 0.25) is 0 Å². The van der Waals surface area contributed by atoms with E-state index in [2.05, 4.69) is 13.6 Å². The van der Waals surface area contributed by atoms with Crippen LogP contribution < -0.4 is 0 Å². The molecule has 1 aliphatic heterocycles. The van der Waals surface area contributed by atoms with E-state index in [1.54, 1.807) is 4.90 Å². The maximum Gasteiger partial charge on any atom is 0.470 e. The van der Waals surface area contributed by atoms with Crippen molar-refractivity contribution in [3.8, 4) is 0 Å². The highest BCUT2D eigenvalue weighted by molar-refractivity contribution is 7.47. The number of likely N-dealkylation sites (tertiary alicyclic amines) is 1. The minimum absolute atomic E-state index is 0.0412. The van der Waals surface area contributed by atoms with Crippen LogP contribution in [0, 0.1) is 0 Å². The van der Waals surface area contributed by atoms with E-state index in [0.29, 0.717) is 0 Å². The fourth-order valence-corrected chi connectivity index (χ4v) is 5.23. The first-order valence-electron chi connectivity index (χ1n) is 8.19. The van der Waals surface area contributed by atoms with Gasteiger partial charge in [0.25, 0.3) is 0 Å². The molecule has 27 heavy (non-hydrogen) atoms. The van der Waals surface area contributed by atoms with Gasteiger partial charge in [-0.15, -0.1) is 0 Å². The van der Waals surface area contributed by atoms with Gasteiger partial charge in [0, 0.05) is 19.1 Å². The Labute approximate surface area is 155 Å². The van der Waals surface area contributed by atoms with Crippen LogP contribution in [0.25, 0.3) is 0 Å². The monoisotopic (exact) mass is 455 g/mol. The van der Waals surface area contributed by atoms with Crippen molar-refractivity contribution in [3.63, 3.8) is 0 Å². The van der Waals surface area contributed by atoms with Crippen molar-refractivity contribution in [2.45, 2.75) is 56.5 Å². The molecular weight excluding hydrogens is 431 g/mol. The fourth-order valence-electron chi connectivity index (χ4n) is 3.56. The third-order valence-corrected chi connectivity index (χ3v) is 6.07. The molecule has 0 aromatic carbocycles. The van der Waals surface area contributed by atoms with Crippen LogP contribution in [0.4, 0.5) is 0 Å². The van der Waals surface area contributed by atoms with E-state index in [9.17, 15) is 13.7 Å². The second kappa shape index (κ2) is 8.97. The molecule has 1 saturated carbocycles. The topological polar surface area (TPSA) is 204 Å². The minimum Gasteiger partial charge on any atom is -0.303 e. The summed E-state index contributed by atoms with van der Waals surface area (Å²) in [5, 5.41) is 0. The molecule has 0 bridgehead atoms. The Kier molecular flexibility index (Phi) is 7.83. The van der Waals surface area contributed by atoms with E-state index in [4.69, 9.17) is 29.4 Å². The van der Waals surface area contributed by atoms with Crippen LogP contribution in [-0.2, 0) is 27.3 Å². The van der Waals surface area contributed by atoms with Gasteiger partial charge in [-0.3, -0.25) is 18.5 Å². The van der Waals surface area contributed by atoms with E-state index in [1.165, 1.54) is 0 Å². The average Bonchev–Trinajstić information content (AvgIpc) is 2.47. The molecule has 1 saturated heterocycles. The molecule has 0 unspecified atom stereocenters. The molecule has 2 rings (SSSR count). The number of nitrogens with zero attached hydrogens (tertiary/aromatic N) is 1. The Morgan fingerprint density at radius 1 is 0.667 bits per heavy atom. The van der Waals surface area contributed by atoms with Gasteiger partial charge in [-0.05, 0) is 12.8 Å². The van der Waals surface area contributed by atoms with Crippen molar-refractivity contribution >= 4 is 23.5 Å². The van der Waals surface area contributed by atoms with Crippen molar-refractivity contribution < 1.29 is 56.6 Å². The standard InChI is InChI=1S/C11H24NO12P3/c13-25(14,15)22-9-6-12(8-4-2-1-3-5-8)7-10(23-26(16,17)18)11(9)24-27(19,20)21/h8-11H,1-7H2,(H2,13,14,15)(H2,16,17,18)(H2,19,20,21)/t9-,10-/m1/s1. The van der Waals surface area contributed by atoms with Crippen LogP contribution in [0.2, 0.25) is 0 Å². The van der Waals surface area contributed by atoms with Crippen molar-refractivity contribution in [2.24, 2.45) is 0 Å².